The minimum Gasteiger partial charge on any atom is -0.310 e. The minimum atomic E-state index is 0.549. The van der Waals surface area contributed by atoms with E-state index in [1.165, 1.54) is 25.7 Å². The van der Waals surface area contributed by atoms with Crippen molar-refractivity contribution in [2.45, 2.75) is 58.5 Å². The standard InChI is InChI=1S/C13H28N2/c1-11(10-15(4)5)14-12-7-6-8-13(2,3)9-12/h11-12,14H,6-10H2,1-5H3. The molecule has 0 aromatic rings. The van der Waals surface area contributed by atoms with Gasteiger partial charge in [-0.05, 0) is 45.7 Å². The molecule has 15 heavy (non-hydrogen) atoms. The molecule has 90 valence electrons. The highest BCUT2D eigenvalue weighted by atomic mass is 15.1. The highest BCUT2D eigenvalue weighted by molar-refractivity contribution is 4.85. The van der Waals surface area contributed by atoms with Crippen molar-refractivity contribution in [3.8, 4) is 0 Å². The van der Waals surface area contributed by atoms with Crippen LogP contribution in [0.25, 0.3) is 0 Å². The van der Waals surface area contributed by atoms with Gasteiger partial charge in [-0.15, -0.1) is 0 Å². The summed E-state index contributed by atoms with van der Waals surface area (Å²) < 4.78 is 0. The van der Waals surface area contributed by atoms with E-state index >= 15 is 0 Å². The molecule has 0 aliphatic heterocycles. The van der Waals surface area contributed by atoms with Gasteiger partial charge in [0.1, 0.15) is 0 Å². The fourth-order valence-electron chi connectivity index (χ4n) is 2.84. The third kappa shape index (κ3) is 4.98. The Balaban J connectivity index is 2.31. The third-order valence-electron chi connectivity index (χ3n) is 3.36. The predicted molar refractivity (Wildman–Crippen MR) is 67.2 cm³/mol. The molecule has 1 saturated carbocycles. The second-order valence-corrected chi connectivity index (χ2v) is 6.29. The smallest absolute Gasteiger partial charge is 0.0169 e. The number of nitrogens with zero attached hydrogens (tertiary/aromatic N) is 1. The number of nitrogens with one attached hydrogen (secondary N) is 1. The van der Waals surface area contributed by atoms with Crippen LogP contribution in [0.2, 0.25) is 0 Å². The van der Waals surface area contributed by atoms with Crippen LogP contribution in [0.1, 0.15) is 46.5 Å². The second kappa shape index (κ2) is 5.31. The molecule has 2 nitrogen and oxygen atoms in total. The van der Waals surface area contributed by atoms with E-state index in [9.17, 15) is 0 Å². The average Bonchev–Trinajstić information content (AvgIpc) is 1.99. The molecule has 2 atom stereocenters. The van der Waals surface area contributed by atoms with Crippen LogP contribution < -0.4 is 5.32 Å². The van der Waals surface area contributed by atoms with Crippen LogP contribution in [0.15, 0.2) is 0 Å². The maximum atomic E-state index is 3.76. The van der Waals surface area contributed by atoms with Gasteiger partial charge in [-0.3, -0.25) is 0 Å². The number of rotatable bonds is 4. The highest BCUT2D eigenvalue weighted by Crippen LogP contribution is 2.35. The van der Waals surface area contributed by atoms with Gasteiger partial charge in [-0.2, -0.15) is 0 Å². The molecule has 1 N–H and O–H groups in total. The molecule has 1 aliphatic carbocycles. The Labute approximate surface area is 95.4 Å². The molecule has 0 bridgehead atoms. The predicted octanol–water partition coefficient (Wildman–Crippen LogP) is 2.49. The van der Waals surface area contributed by atoms with Gasteiger partial charge in [0.2, 0.25) is 0 Å². The van der Waals surface area contributed by atoms with Crippen molar-refractivity contribution in [3.05, 3.63) is 0 Å². The summed E-state index contributed by atoms with van der Waals surface area (Å²) in [5, 5.41) is 3.76. The van der Waals surface area contributed by atoms with Gasteiger partial charge in [0.15, 0.2) is 0 Å². The first-order valence-corrected chi connectivity index (χ1v) is 6.30. The Morgan fingerprint density at radius 1 is 1.40 bits per heavy atom. The summed E-state index contributed by atoms with van der Waals surface area (Å²) in [6.07, 6.45) is 5.48. The highest BCUT2D eigenvalue weighted by Gasteiger charge is 2.28. The Bertz CT molecular complexity index is 187. The van der Waals surface area contributed by atoms with Crippen molar-refractivity contribution in [3.63, 3.8) is 0 Å². The summed E-state index contributed by atoms with van der Waals surface area (Å²) in [5.41, 5.74) is 0.549. The maximum absolute atomic E-state index is 3.76. The van der Waals surface area contributed by atoms with Gasteiger partial charge < -0.3 is 10.2 Å². The Kier molecular flexibility index (Phi) is 4.60. The van der Waals surface area contributed by atoms with E-state index in [2.05, 4.69) is 45.1 Å². The molecule has 0 aromatic carbocycles. The van der Waals surface area contributed by atoms with E-state index in [-0.39, 0.29) is 0 Å². The average molecular weight is 212 g/mol. The van der Waals surface area contributed by atoms with Gasteiger partial charge in [-0.1, -0.05) is 20.3 Å². The summed E-state index contributed by atoms with van der Waals surface area (Å²) in [6.45, 7) is 8.23. The SMILES string of the molecule is CC(CN(C)C)NC1CCCC(C)(C)C1. The van der Waals surface area contributed by atoms with Crippen molar-refractivity contribution < 1.29 is 0 Å². The zero-order chi connectivity index (χ0) is 11.5. The topological polar surface area (TPSA) is 15.3 Å². The zero-order valence-electron chi connectivity index (χ0n) is 11.1. The van der Waals surface area contributed by atoms with Crippen LogP contribution in [-0.2, 0) is 0 Å². The first kappa shape index (κ1) is 13.0. The summed E-state index contributed by atoms with van der Waals surface area (Å²) in [5.74, 6) is 0. The van der Waals surface area contributed by atoms with Gasteiger partial charge in [0.25, 0.3) is 0 Å². The molecule has 0 amide bonds. The minimum absolute atomic E-state index is 0.549. The van der Waals surface area contributed by atoms with Crippen molar-refractivity contribution >= 4 is 0 Å². The lowest BCUT2D eigenvalue weighted by atomic mass is 9.75. The number of hydrogen-bond acceptors (Lipinski definition) is 2. The largest absolute Gasteiger partial charge is 0.310 e. The lowest BCUT2D eigenvalue weighted by molar-refractivity contribution is 0.184. The summed E-state index contributed by atoms with van der Waals surface area (Å²) in [7, 11) is 4.28. The molecule has 2 heteroatoms. The van der Waals surface area contributed by atoms with Crippen molar-refractivity contribution in [2.24, 2.45) is 5.41 Å². The van der Waals surface area contributed by atoms with Crippen molar-refractivity contribution in [2.75, 3.05) is 20.6 Å². The Hall–Kier alpha value is -0.0800. The van der Waals surface area contributed by atoms with E-state index in [0.717, 1.165) is 12.6 Å². The number of hydrogen-bond donors (Lipinski definition) is 1. The van der Waals surface area contributed by atoms with Crippen molar-refractivity contribution in [1.29, 1.82) is 0 Å². The fourth-order valence-corrected chi connectivity index (χ4v) is 2.84. The van der Waals surface area contributed by atoms with Crippen LogP contribution in [0.3, 0.4) is 0 Å². The first-order chi connectivity index (χ1) is 6.89. The molecule has 1 aliphatic rings. The lowest BCUT2D eigenvalue weighted by Gasteiger charge is -2.37. The molecule has 0 radical (unpaired) electrons. The van der Waals surface area contributed by atoms with Gasteiger partial charge in [0, 0.05) is 18.6 Å². The molecule has 0 aromatic heterocycles. The van der Waals surface area contributed by atoms with E-state index in [1.807, 2.05) is 0 Å². The Morgan fingerprint density at radius 3 is 2.60 bits per heavy atom. The van der Waals surface area contributed by atoms with Crippen molar-refractivity contribution in [1.82, 2.24) is 10.2 Å². The summed E-state index contributed by atoms with van der Waals surface area (Å²) in [4.78, 5) is 2.26. The van der Waals surface area contributed by atoms with Gasteiger partial charge in [-0.25, -0.2) is 0 Å². The molecule has 1 fully saturated rings. The molecule has 2 unspecified atom stereocenters. The summed E-state index contributed by atoms with van der Waals surface area (Å²) >= 11 is 0. The Morgan fingerprint density at radius 2 is 2.07 bits per heavy atom. The third-order valence-corrected chi connectivity index (χ3v) is 3.36. The molecule has 1 rings (SSSR count). The van der Waals surface area contributed by atoms with Crippen LogP contribution in [0, 0.1) is 5.41 Å². The van der Waals surface area contributed by atoms with Crippen LogP contribution in [-0.4, -0.2) is 37.6 Å². The quantitative estimate of drug-likeness (QED) is 0.770. The van der Waals surface area contributed by atoms with Crippen LogP contribution >= 0.6 is 0 Å². The molecular formula is C13H28N2. The molecule has 0 saturated heterocycles. The summed E-state index contributed by atoms with van der Waals surface area (Å²) in [6, 6.07) is 1.35. The molecule has 0 spiro atoms. The lowest BCUT2D eigenvalue weighted by Crippen LogP contribution is -2.45. The maximum Gasteiger partial charge on any atom is 0.0169 e. The van der Waals surface area contributed by atoms with E-state index in [4.69, 9.17) is 0 Å². The first-order valence-electron chi connectivity index (χ1n) is 6.30. The number of likely N-dealkylation sites (N-methyl/N-ethyl adjacent to an activating group) is 1. The zero-order valence-corrected chi connectivity index (χ0v) is 11.1. The molecule has 0 heterocycles. The second-order valence-electron chi connectivity index (χ2n) is 6.29. The normalized spacial score (nSPS) is 28.0. The van der Waals surface area contributed by atoms with E-state index < -0.39 is 0 Å². The molecular weight excluding hydrogens is 184 g/mol. The van der Waals surface area contributed by atoms with E-state index in [0.29, 0.717) is 11.5 Å². The van der Waals surface area contributed by atoms with Crippen LogP contribution in [0.4, 0.5) is 0 Å². The van der Waals surface area contributed by atoms with E-state index in [1.54, 1.807) is 0 Å². The monoisotopic (exact) mass is 212 g/mol. The fraction of sp³-hybridized carbons (Fsp3) is 1.00. The van der Waals surface area contributed by atoms with Gasteiger partial charge >= 0.3 is 0 Å². The van der Waals surface area contributed by atoms with Crippen LogP contribution in [0.5, 0.6) is 0 Å². The van der Waals surface area contributed by atoms with Gasteiger partial charge in [0.05, 0.1) is 0 Å².